The molecule has 0 saturated carbocycles. The molecule has 0 aromatic rings. The van der Waals surface area contributed by atoms with Gasteiger partial charge < -0.3 is 4.90 Å². The molecule has 0 saturated heterocycles. The predicted octanol–water partition coefficient (Wildman–Crippen LogP) is 0.834. The lowest BCUT2D eigenvalue weighted by Gasteiger charge is -2.28. The monoisotopic (exact) mass is 287 g/mol. The first-order valence-corrected chi connectivity index (χ1v) is 5.90. The number of carbonyl (C=O) groups excluding carboxylic acids is 3. The first-order chi connectivity index (χ1) is 7.02. The van der Waals surface area contributed by atoms with E-state index in [4.69, 9.17) is 0 Å². The van der Waals surface area contributed by atoms with Crippen molar-refractivity contribution in [3.63, 3.8) is 0 Å². The maximum Gasteiger partial charge on any atom is 0.237 e. The van der Waals surface area contributed by atoms with E-state index in [1.807, 2.05) is 0 Å². The standard InChI is InChI=1S/C9H6BrNO3S/c1-11-6(13)3-15-9-7(11)5(12)2-4(10)8(9)14/h2H,3H2,1H3. The van der Waals surface area contributed by atoms with Gasteiger partial charge >= 0.3 is 0 Å². The summed E-state index contributed by atoms with van der Waals surface area (Å²) in [5.41, 5.74) is 0.199. The number of rotatable bonds is 0. The molecule has 0 radical (unpaired) electrons. The minimum Gasteiger partial charge on any atom is -0.310 e. The molecule has 6 heteroatoms. The van der Waals surface area contributed by atoms with Crippen LogP contribution in [0.15, 0.2) is 21.2 Å². The number of hydrogen-bond donors (Lipinski definition) is 0. The highest BCUT2D eigenvalue weighted by Crippen LogP contribution is 2.35. The number of Topliss-reactive ketones (excluding diaryl/α,β-unsaturated/α-hetero) is 1. The van der Waals surface area contributed by atoms with Crippen molar-refractivity contribution in [2.75, 3.05) is 12.8 Å². The quantitative estimate of drug-likeness (QED) is 0.620. The number of thioether (sulfide) groups is 1. The second-order valence-corrected chi connectivity index (χ2v) is 4.94. The lowest BCUT2D eigenvalue weighted by molar-refractivity contribution is -0.128. The lowest BCUT2D eigenvalue weighted by atomic mass is 10.1. The third-order valence-corrected chi connectivity index (χ3v) is 3.83. The minimum atomic E-state index is -0.306. The van der Waals surface area contributed by atoms with Crippen molar-refractivity contribution in [1.82, 2.24) is 4.90 Å². The number of ketones is 2. The predicted molar refractivity (Wildman–Crippen MR) is 59.3 cm³/mol. The number of hydrogen-bond acceptors (Lipinski definition) is 4. The van der Waals surface area contributed by atoms with Crippen LogP contribution in [0.1, 0.15) is 0 Å². The number of carbonyl (C=O) groups is 3. The molecule has 4 nitrogen and oxygen atoms in total. The molecule has 1 heterocycles. The molecule has 0 spiro atoms. The summed E-state index contributed by atoms with van der Waals surface area (Å²) in [7, 11) is 1.51. The van der Waals surface area contributed by atoms with Gasteiger partial charge in [-0.2, -0.15) is 0 Å². The van der Waals surface area contributed by atoms with Gasteiger partial charge in [-0.25, -0.2) is 0 Å². The SMILES string of the molecule is CN1C(=O)CSC2=C1C(=O)C=C(Br)C2=O. The van der Waals surface area contributed by atoms with E-state index in [2.05, 4.69) is 15.9 Å². The first-order valence-electron chi connectivity index (χ1n) is 4.12. The topological polar surface area (TPSA) is 54.5 Å². The summed E-state index contributed by atoms with van der Waals surface area (Å²) in [6.45, 7) is 0. The fourth-order valence-electron chi connectivity index (χ4n) is 1.38. The van der Waals surface area contributed by atoms with Crippen LogP contribution in [0.5, 0.6) is 0 Å². The van der Waals surface area contributed by atoms with E-state index < -0.39 is 0 Å². The van der Waals surface area contributed by atoms with Crippen LogP contribution in [-0.4, -0.2) is 35.2 Å². The Labute approximate surface area is 98.5 Å². The Morgan fingerprint density at radius 3 is 2.73 bits per heavy atom. The Hall–Kier alpha value is -0.880. The second-order valence-electron chi connectivity index (χ2n) is 3.10. The van der Waals surface area contributed by atoms with Gasteiger partial charge in [-0.05, 0) is 15.9 Å². The van der Waals surface area contributed by atoms with E-state index >= 15 is 0 Å². The maximum absolute atomic E-state index is 11.7. The Morgan fingerprint density at radius 1 is 1.40 bits per heavy atom. The number of allylic oxidation sites excluding steroid dienone is 3. The van der Waals surface area contributed by atoms with E-state index in [1.54, 1.807) is 0 Å². The van der Waals surface area contributed by atoms with Crippen molar-refractivity contribution in [2.24, 2.45) is 0 Å². The highest BCUT2D eigenvalue weighted by atomic mass is 79.9. The van der Waals surface area contributed by atoms with Crippen LogP contribution in [0.25, 0.3) is 0 Å². The molecule has 2 rings (SSSR count). The molecule has 0 aromatic carbocycles. The van der Waals surface area contributed by atoms with Crippen molar-refractivity contribution in [3.05, 3.63) is 21.2 Å². The van der Waals surface area contributed by atoms with Crippen molar-refractivity contribution in [2.45, 2.75) is 0 Å². The van der Waals surface area contributed by atoms with Gasteiger partial charge in [0.05, 0.1) is 15.1 Å². The maximum atomic E-state index is 11.7. The molecule has 1 aliphatic heterocycles. The summed E-state index contributed by atoms with van der Waals surface area (Å²) in [5.74, 6) is -0.492. The van der Waals surface area contributed by atoms with Crippen molar-refractivity contribution >= 4 is 45.2 Å². The highest BCUT2D eigenvalue weighted by Gasteiger charge is 2.35. The van der Waals surface area contributed by atoms with E-state index in [-0.39, 0.29) is 33.4 Å². The largest absolute Gasteiger partial charge is 0.310 e. The molecule has 15 heavy (non-hydrogen) atoms. The Balaban J connectivity index is 2.54. The van der Waals surface area contributed by atoms with Gasteiger partial charge in [0.2, 0.25) is 17.5 Å². The summed E-state index contributed by atoms with van der Waals surface area (Å²) in [4.78, 5) is 36.3. The average molecular weight is 288 g/mol. The molecular weight excluding hydrogens is 282 g/mol. The number of amides is 1. The van der Waals surface area contributed by atoms with E-state index in [9.17, 15) is 14.4 Å². The van der Waals surface area contributed by atoms with Crippen molar-refractivity contribution in [3.8, 4) is 0 Å². The average Bonchev–Trinajstić information content (AvgIpc) is 2.18. The van der Waals surface area contributed by atoms with Gasteiger partial charge in [-0.1, -0.05) is 0 Å². The number of likely N-dealkylation sites (N-methyl/N-ethyl adjacent to an activating group) is 1. The summed E-state index contributed by atoms with van der Waals surface area (Å²) in [6, 6.07) is 0. The lowest BCUT2D eigenvalue weighted by Crippen LogP contribution is -2.37. The fourth-order valence-corrected chi connectivity index (χ4v) is 3.00. The van der Waals surface area contributed by atoms with Crippen LogP contribution in [-0.2, 0) is 14.4 Å². The minimum absolute atomic E-state index is 0.161. The van der Waals surface area contributed by atoms with Crippen LogP contribution in [0.4, 0.5) is 0 Å². The molecule has 0 N–H and O–H groups in total. The summed E-state index contributed by atoms with van der Waals surface area (Å²) in [6.07, 6.45) is 1.21. The zero-order chi connectivity index (χ0) is 11.2. The van der Waals surface area contributed by atoms with E-state index in [1.165, 1.54) is 18.0 Å². The van der Waals surface area contributed by atoms with Gasteiger partial charge in [0.1, 0.15) is 5.70 Å². The molecule has 0 bridgehead atoms. The van der Waals surface area contributed by atoms with Crippen molar-refractivity contribution < 1.29 is 14.4 Å². The van der Waals surface area contributed by atoms with Gasteiger partial charge in [0.15, 0.2) is 0 Å². The number of halogens is 1. The normalized spacial score (nSPS) is 21.9. The molecule has 0 aromatic heterocycles. The zero-order valence-electron chi connectivity index (χ0n) is 7.74. The summed E-state index contributed by atoms with van der Waals surface area (Å²) >= 11 is 4.15. The molecule has 0 unspecified atom stereocenters. The smallest absolute Gasteiger partial charge is 0.237 e. The van der Waals surface area contributed by atoms with Gasteiger partial charge in [0, 0.05) is 13.1 Å². The van der Waals surface area contributed by atoms with E-state index in [0.717, 1.165) is 11.8 Å². The van der Waals surface area contributed by atoms with Crippen molar-refractivity contribution in [1.29, 1.82) is 0 Å². The Kier molecular flexibility index (Phi) is 2.56. The molecule has 0 atom stereocenters. The van der Waals surface area contributed by atoms with Crippen LogP contribution in [0.3, 0.4) is 0 Å². The highest BCUT2D eigenvalue weighted by molar-refractivity contribution is 9.12. The Morgan fingerprint density at radius 2 is 2.07 bits per heavy atom. The van der Waals surface area contributed by atoms with Crippen LogP contribution in [0, 0.1) is 0 Å². The van der Waals surface area contributed by atoms with E-state index in [0.29, 0.717) is 4.91 Å². The third kappa shape index (κ3) is 1.57. The number of nitrogens with zero attached hydrogens (tertiary/aromatic N) is 1. The summed E-state index contributed by atoms with van der Waals surface area (Å²) in [5, 5.41) is 0. The fraction of sp³-hybridized carbons (Fsp3) is 0.222. The van der Waals surface area contributed by atoms with Crippen LogP contribution >= 0.6 is 27.7 Å². The summed E-state index contributed by atoms with van der Waals surface area (Å²) < 4.78 is 0.251. The van der Waals surface area contributed by atoms with Gasteiger partial charge in [-0.3, -0.25) is 14.4 Å². The zero-order valence-corrected chi connectivity index (χ0v) is 10.1. The molecule has 0 fully saturated rings. The van der Waals surface area contributed by atoms with Gasteiger partial charge in [-0.15, -0.1) is 11.8 Å². The molecule has 1 amide bonds. The molecule has 2 aliphatic rings. The third-order valence-electron chi connectivity index (χ3n) is 2.18. The molecule has 78 valence electrons. The van der Waals surface area contributed by atoms with Gasteiger partial charge in [0.25, 0.3) is 0 Å². The first kappa shape index (κ1) is 10.6. The Bertz CT molecular complexity index is 452. The second kappa shape index (κ2) is 3.61. The van der Waals surface area contributed by atoms with Crippen LogP contribution < -0.4 is 0 Å². The van der Waals surface area contributed by atoms with Crippen LogP contribution in [0.2, 0.25) is 0 Å². The molecular formula is C9H6BrNO3S. The molecule has 1 aliphatic carbocycles.